The fourth-order valence-corrected chi connectivity index (χ4v) is 3.75. The molecule has 2 atom stereocenters. The summed E-state index contributed by atoms with van der Waals surface area (Å²) in [5.41, 5.74) is -0.304. The summed E-state index contributed by atoms with van der Waals surface area (Å²) in [6.07, 6.45) is -0.721. The van der Waals surface area contributed by atoms with Gasteiger partial charge in [-0.25, -0.2) is 12.8 Å². The molecule has 0 aromatic heterocycles. The Kier molecular flexibility index (Phi) is 4.58. The summed E-state index contributed by atoms with van der Waals surface area (Å²) in [6, 6.07) is 4.79. The number of nitrogens with zero attached hydrogens (tertiary/aromatic N) is 2. The number of sulfonamides is 1. The lowest BCUT2D eigenvalue weighted by Gasteiger charge is -2.16. The molecule has 1 aliphatic rings. The van der Waals surface area contributed by atoms with E-state index in [2.05, 4.69) is 0 Å². The number of methoxy groups -OCH3 is 2. The Morgan fingerprint density at radius 3 is 2.33 bits per heavy atom. The molecule has 1 heterocycles. The lowest BCUT2D eigenvalue weighted by Crippen LogP contribution is -2.30. The number of benzene rings is 1. The van der Waals surface area contributed by atoms with Gasteiger partial charge < -0.3 is 9.47 Å². The van der Waals surface area contributed by atoms with Gasteiger partial charge in [-0.05, 0) is 18.2 Å². The predicted molar refractivity (Wildman–Crippen MR) is 71.5 cm³/mol. The van der Waals surface area contributed by atoms with Crippen molar-refractivity contribution in [2.75, 3.05) is 27.3 Å². The highest BCUT2D eigenvalue weighted by atomic mass is 32.2. The van der Waals surface area contributed by atoms with Gasteiger partial charge in [-0.3, -0.25) is 0 Å². The first-order valence-corrected chi connectivity index (χ1v) is 7.63. The molecule has 1 aliphatic heterocycles. The summed E-state index contributed by atoms with van der Waals surface area (Å²) >= 11 is 0. The predicted octanol–water partition coefficient (Wildman–Crippen LogP) is 0.732. The van der Waals surface area contributed by atoms with E-state index < -0.39 is 15.8 Å². The van der Waals surface area contributed by atoms with E-state index >= 15 is 0 Å². The molecule has 1 aromatic carbocycles. The topological polar surface area (TPSA) is 79.6 Å². The van der Waals surface area contributed by atoms with E-state index in [1.807, 2.05) is 0 Å². The van der Waals surface area contributed by atoms with Gasteiger partial charge in [-0.2, -0.15) is 9.57 Å². The maximum absolute atomic E-state index is 13.3. The van der Waals surface area contributed by atoms with Crippen LogP contribution in [0.25, 0.3) is 0 Å². The summed E-state index contributed by atoms with van der Waals surface area (Å²) in [6.45, 7) is 0.299. The third kappa shape index (κ3) is 2.91. The smallest absolute Gasteiger partial charge is 0.243 e. The third-order valence-electron chi connectivity index (χ3n) is 3.48. The lowest BCUT2D eigenvalue weighted by atomic mass is 10.2. The average molecular weight is 314 g/mol. The first-order chi connectivity index (χ1) is 9.93. The van der Waals surface area contributed by atoms with Gasteiger partial charge in [0.1, 0.15) is 11.9 Å². The molecule has 21 heavy (non-hydrogen) atoms. The molecule has 2 unspecified atom stereocenters. The molecule has 0 spiro atoms. The molecule has 0 bridgehead atoms. The maximum Gasteiger partial charge on any atom is 0.243 e. The highest BCUT2D eigenvalue weighted by Gasteiger charge is 2.39. The molecule has 6 nitrogen and oxygen atoms in total. The Morgan fingerprint density at radius 1 is 1.29 bits per heavy atom. The minimum atomic E-state index is -3.82. The van der Waals surface area contributed by atoms with E-state index in [1.54, 1.807) is 6.07 Å². The van der Waals surface area contributed by atoms with Gasteiger partial charge in [0.25, 0.3) is 0 Å². The zero-order valence-electron chi connectivity index (χ0n) is 11.6. The van der Waals surface area contributed by atoms with E-state index in [0.29, 0.717) is 0 Å². The molecular formula is C13H15FN2O4S. The van der Waals surface area contributed by atoms with Gasteiger partial charge >= 0.3 is 0 Å². The Morgan fingerprint density at radius 2 is 1.86 bits per heavy atom. The van der Waals surface area contributed by atoms with Crippen molar-refractivity contribution in [3.63, 3.8) is 0 Å². The van der Waals surface area contributed by atoms with Crippen LogP contribution in [0.15, 0.2) is 23.1 Å². The molecule has 1 aromatic rings. The van der Waals surface area contributed by atoms with Crippen molar-refractivity contribution in [3.05, 3.63) is 29.6 Å². The lowest BCUT2D eigenvalue weighted by molar-refractivity contribution is -0.00461. The van der Waals surface area contributed by atoms with E-state index in [0.717, 1.165) is 18.2 Å². The van der Waals surface area contributed by atoms with Crippen molar-refractivity contribution < 1.29 is 22.3 Å². The highest BCUT2D eigenvalue weighted by molar-refractivity contribution is 7.89. The first kappa shape index (κ1) is 15.9. The van der Waals surface area contributed by atoms with Crippen LogP contribution in [0.3, 0.4) is 0 Å². The standard InChI is InChI=1S/C13H15FN2O4S/c1-19-12-7-16(8-13(12)20-2)21(17,18)10-3-4-11(14)9(5-10)6-15/h3-5,12-13H,7-8H2,1-2H3. The highest BCUT2D eigenvalue weighted by Crippen LogP contribution is 2.25. The molecule has 1 saturated heterocycles. The first-order valence-electron chi connectivity index (χ1n) is 6.19. The Hall–Kier alpha value is -1.53. The second kappa shape index (κ2) is 6.07. The molecule has 0 N–H and O–H groups in total. The molecule has 2 rings (SSSR count). The zero-order valence-corrected chi connectivity index (χ0v) is 12.4. The quantitative estimate of drug-likeness (QED) is 0.818. The van der Waals surface area contributed by atoms with Crippen molar-refractivity contribution in [2.24, 2.45) is 0 Å². The normalized spacial score (nSPS) is 23.1. The molecule has 1 fully saturated rings. The van der Waals surface area contributed by atoms with Crippen LogP contribution in [0.5, 0.6) is 0 Å². The van der Waals surface area contributed by atoms with Gasteiger partial charge in [-0.1, -0.05) is 0 Å². The second-order valence-electron chi connectivity index (χ2n) is 4.62. The largest absolute Gasteiger partial charge is 0.377 e. The number of halogens is 1. The molecule has 0 amide bonds. The summed E-state index contributed by atoms with van der Waals surface area (Å²) in [5.74, 6) is -0.748. The van der Waals surface area contributed by atoms with Crippen LogP contribution in [0, 0.1) is 17.1 Å². The third-order valence-corrected chi connectivity index (χ3v) is 5.31. The van der Waals surface area contributed by atoms with Gasteiger partial charge in [0.15, 0.2) is 0 Å². The van der Waals surface area contributed by atoms with Crippen LogP contribution >= 0.6 is 0 Å². The van der Waals surface area contributed by atoms with Crippen LogP contribution in [0.4, 0.5) is 4.39 Å². The Balaban J connectivity index is 2.33. The van der Waals surface area contributed by atoms with E-state index in [4.69, 9.17) is 14.7 Å². The summed E-state index contributed by atoms with van der Waals surface area (Å²) in [4.78, 5) is -0.118. The molecule has 114 valence electrons. The average Bonchev–Trinajstić information content (AvgIpc) is 2.91. The van der Waals surface area contributed by atoms with Crippen LogP contribution in [0.2, 0.25) is 0 Å². The minimum absolute atomic E-state index is 0.118. The van der Waals surface area contributed by atoms with E-state index in [9.17, 15) is 12.8 Å². The summed E-state index contributed by atoms with van der Waals surface area (Å²) in [5, 5.41) is 8.80. The summed E-state index contributed by atoms with van der Waals surface area (Å²) in [7, 11) is -0.849. The molecule has 0 saturated carbocycles. The zero-order chi connectivity index (χ0) is 15.6. The SMILES string of the molecule is COC1CN(S(=O)(=O)c2ccc(F)c(C#N)c2)CC1OC. The number of hydrogen-bond donors (Lipinski definition) is 0. The second-order valence-corrected chi connectivity index (χ2v) is 6.56. The molecular weight excluding hydrogens is 299 g/mol. The maximum atomic E-state index is 13.3. The van der Waals surface area contributed by atoms with Crippen molar-refractivity contribution in [2.45, 2.75) is 17.1 Å². The number of nitriles is 1. The molecule has 0 radical (unpaired) electrons. The Labute approximate surface area is 122 Å². The van der Waals surface area contributed by atoms with E-state index in [-0.39, 0.29) is 35.8 Å². The number of hydrogen-bond acceptors (Lipinski definition) is 5. The van der Waals surface area contributed by atoms with Crippen molar-refractivity contribution in [1.82, 2.24) is 4.31 Å². The van der Waals surface area contributed by atoms with Crippen molar-refractivity contribution >= 4 is 10.0 Å². The van der Waals surface area contributed by atoms with Crippen molar-refractivity contribution in [1.29, 1.82) is 5.26 Å². The van der Waals surface area contributed by atoms with Gasteiger partial charge in [0.05, 0.1) is 22.7 Å². The number of ether oxygens (including phenoxy) is 2. The Bertz CT molecular complexity index is 659. The van der Waals surface area contributed by atoms with Crippen LogP contribution in [-0.4, -0.2) is 52.2 Å². The number of rotatable bonds is 4. The summed E-state index contributed by atoms with van der Waals surface area (Å²) < 4.78 is 49.9. The van der Waals surface area contributed by atoms with Gasteiger partial charge in [-0.15, -0.1) is 0 Å². The van der Waals surface area contributed by atoms with Gasteiger partial charge in [0, 0.05) is 27.3 Å². The van der Waals surface area contributed by atoms with Crippen LogP contribution in [0.1, 0.15) is 5.56 Å². The molecule has 8 heteroatoms. The van der Waals surface area contributed by atoms with Crippen LogP contribution in [-0.2, 0) is 19.5 Å². The van der Waals surface area contributed by atoms with Gasteiger partial charge in [0.2, 0.25) is 10.0 Å². The molecule has 0 aliphatic carbocycles. The van der Waals surface area contributed by atoms with E-state index in [1.165, 1.54) is 18.5 Å². The fourth-order valence-electron chi connectivity index (χ4n) is 2.26. The van der Waals surface area contributed by atoms with Crippen molar-refractivity contribution in [3.8, 4) is 6.07 Å². The minimum Gasteiger partial charge on any atom is -0.377 e. The monoisotopic (exact) mass is 314 g/mol. The fraction of sp³-hybridized carbons (Fsp3) is 0.462. The van der Waals surface area contributed by atoms with Crippen LogP contribution < -0.4 is 0 Å².